The lowest BCUT2D eigenvalue weighted by Gasteiger charge is -2.21. The first-order chi connectivity index (χ1) is 28.6. The number of hydrogen-bond acceptors (Lipinski definition) is 21. The van der Waals surface area contributed by atoms with Gasteiger partial charge in [0.05, 0.1) is 41.2 Å². The van der Waals surface area contributed by atoms with E-state index in [1.165, 1.54) is 14.2 Å². The van der Waals surface area contributed by atoms with Crippen molar-refractivity contribution in [3.63, 3.8) is 0 Å². The first-order valence-electron chi connectivity index (χ1n) is 18.6. The minimum Gasteiger partial charge on any atom is -0.466 e. The summed E-state index contributed by atoms with van der Waals surface area (Å²) < 4.78 is 48.1. The lowest BCUT2D eigenvalue weighted by atomic mass is 10.2. The molecular weight excluding hydrogens is 800 g/mol. The van der Waals surface area contributed by atoms with E-state index in [1.807, 2.05) is 6.92 Å². The van der Waals surface area contributed by atoms with E-state index in [9.17, 15) is 43.2 Å². The van der Waals surface area contributed by atoms with Crippen molar-refractivity contribution < 1.29 is 90.5 Å². The van der Waals surface area contributed by atoms with Gasteiger partial charge in [-0.25, -0.2) is 38.4 Å². The van der Waals surface area contributed by atoms with Crippen molar-refractivity contribution in [2.75, 3.05) is 81.0 Å². The van der Waals surface area contributed by atoms with Gasteiger partial charge in [-0.3, -0.25) is 4.79 Å². The van der Waals surface area contributed by atoms with Crippen LogP contribution in [0, 0.1) is 0 Å². The Morgan fingerprint density at radius 3 is 1.27 bits per heavy atom. The van der Waals surface area contributed by atoms with E-state index >= 15 is 0 Å². The SMILES string of the molecule is CCN(CC)CCCC(C)OCC(COC(=O)/C=C/C(=O)OC)OC(=O)/C=C/C(=O)OC.COC(=O)/C=C/C(=O)OCC(COC(=O)CCCN)OC(=O)/C=C/C(=O)OC. The number of ether oxygens (including phenoxy) is 10. The van der Waals surface area contributed by atoms with Crippen molar-refractivity contribution in [1.29, 1.82) is 0 Å². The van der Waals surface area contributed by atoms with E-state index in [-0.39, 0.29) is 25.7 Å². The standard InChI is InChI=1S/C22H35NO9.C17H23NO10/c1-6-23(7-2)14-8-9-17(3)30-15-18(32-22(27)13-11-20(25)29-5)16-31-21(26)12-10-19(24)28-4;1-24-13(19)5-7-16(22)27-11-12(10-26-15(21)4-3-9-18)28-17(23)8-6-14(20)25-2/h10-13,17-18H,6-9,14-16H2,1-5H3;5-8,12H,3-4,9-11,18H2,1-2H3/b12-10+,13-11+;7-5+,8-6+. The molecule has 0 bridgehead atoms. The largest absolute Gasteiger partial charge is 0.466 e. The molecule has 2 N–H and O–H groups in total. The van der Waals surface area contributed by atoms with E-state index in [2.05, 4.69) is 37.7 Å². The zero-order valence-electron chi connectivity index (χ0n) is 35.1. The van der Waals surface area contributed by atoms with Crippen LogP contribution in [0.2, 0.25) is 0 Å². The number of nitrogens with zero attached hydrogens (tertiary/aromatic N) is 1. The fourth-order valence-corrected chi connectivity index (χ4v) is 3.90. The van der Waals surface area contributed by atoms with Crippen molar-refractivity contribution in [2.45, 2.75) is 64.8 Å². The number of carbonyl (C=O) groups excluding carboxylic acids is 9. The van der Waals surface area contributed by atoms with Gasteiger partial charge in [-0.05, 0) is 52.4 Å². The molecule has 0 heterocycles. The summed E-state index contributed by atoms with van der Waals surface area (Å²) >= 11 is 0. The molecule has 0 aliphatic heterocycles. The lowest BCUT2D eigenvalue weighted by molar-refractivity contribution is -0.162. The van der Waals surface area contributed by atoms with Crippen LogP contribution < -0.4 is 5.73 Å². The molecule has 0 fully saturated rings. The smallest absolute Gasteiger partial charge is 0.331 e. The molecule has 0 amide bonds. The first-order valence-corrected chi connectivity index (χ1v) is 18.6. The number of hydrogen-bond donors (Lipinski definition) is 1. The van der Waals surface area contributed by atoms with Gasteiger partial charge in [0.15, 0.2) is 12.2 Å². The molecule has 3 atom stereocenters. The Labute approximate surface area is 349 Å². The third-order valence-electron chi connectivity index (χ3n) is 7.18. The van der Waals surface area contributed by atoms with Gasteiger partial charge in [0.25, 0.3) is 0 Å². The van der Waals surface area contributed by atoms with Crippen LogP contribution in [0.4, 0.5) is 0 Å². The van der Waals surface area contributed by atoms with Crippen LogP contribution in [0.25, 0.3) is 0 Å². The van der Waals surface area contributed by atoms with Gasteiger partial charge < -0.3 is 58.0 Å². The minimum absolute atomic E-state index is 0.0156. The Balaban J connectivity index is 0. The normalized spacial score (nSPS) is 12.5. The van der Waals surface area contributed by atoms with Crippen molar-refractivity contribution in [3.05, 3.63) is 48.6 Å². The summed E-state index contributed by atoms with van der Waals surface area (Å²) in [6.45, 7) is 8.18. The molecule has 21 nitrogen and oxygen atoms in total. The van der Waals surface area contributed by atoms with Gasteiger partial charge in [0.2, 0.25) is 0 Å². The highest BCUT2D eigenvalue weighted by Gasteiger charge is 2.20. The molecule has 0 aliphatic rings. The summed E-state index contributed by atoms with van der Waals surface area (Å²) in [5, 5.41) is 0. The number of methoxy groups -OCH3 is 4. The van der Waals surface area contributed by atoms with Crippen LogP contribution in [0.1, 0.15) is 46.5 Å². The molecule has 0 radical (unpaired) electrons. The average molecular weight is 859 g/mol. The highest BCUT2D eigenvalue weighted by molar-refractivity contribution is 5.93. The lowest BCUT2D eigenvalue weighted by Crippen LogP contribution is -2.31. The molecule has 60 heavy (non-hydrogen) atoms. The highest BCUT2D eigenvalue weighted by atomic mass is 16.6. The van der Waals surface area contributed by atoms with Crippen LogP contribution in [0.15, 0.2) is 48.6 Å². The van der Waals surface area contributed by atoms with Crippen LogP contribution >= 0.6 is 0 Å². The maximum absolute atomic E-state index is 11.9. The van der Waals surface area contributed by atoms with E-state index in [1.54, 1.807) is 0 Å². The molecule has 338 valence electrons. The van der Waals surface area contributed by atoms with Crippen molar-refractivity contribution in [3.8, 4) is 0 Å². The van der Waals surface area contributed by atoms with Crippen molar-refractivity contribution in [2.24, 2.45) is 5.73 Å². The van der Waals surface area contributed by atoms with Gasteiger partial charge in [-0.1, -0.05) is 13.8 Å². The van der Waals surface area contributed by atoms with Gasteiger partial charge >= 0.3 is 53.7 Å². The molecule has 3 unspecified atom stereocenters. The minimum atomic E-state index is -1.15. The monoisotopic (exact) mass is 858 g/mol. The van der Waals surface area contributed by atoms with Gasteiger partial charge in [-0.2, -0.15) is 0 Å². The Morgan fingerprint density at radius 1 is 0.517 bits per heavy atom. The summed E-state index contributed by atoms with van der Waals surface area (Å²) in [4.78, 5) is 105. The van der Waals surface area contributed by atoms with Crippen LogP contribution in [-0.4, -0.2) is 158 Å². The predicted octanol–water partition coefficient (Wildman–Crippen LogP) is 0.609. The molecule has 0 spiro atoms. The zero-order chi connectivity index (χ0) is 45.7. The third kappa shape index (κ3) is 33.1. The molecule has 0 aromatic heterocycles. The second kappa shape index (κ2) is 36.2. The van der Waals surface area contributed by atoms with Crippen LogP contribution in [0.3, 0.4) is 0 Å². The van der Waals surface area contributed by atoms with Gasteiger partial charge in [0, 0.05) is 55.0 Å². The Bertz CT molecular complexity index is 1470. The summed E-state index contributed by atoms with van der Waals surface area (Å²) in [6, 6.07) is 0. The molecule has 0 aliphatic carbocycles. The fourth-order valence-electron chi connectivity index (χ4n) is 3.90. The van der Waals surface area contributed by atoms with Crippen molar-refractivity contribution >= 4 is 53.7 Å². The maximum atomic E-state index is 11.9. The van der Waals surface area contributed by atoms with E-state index < -0.39 is 79.1 Å². The number of rotatable bonds is 28. The molecule has 0 rings (SSSR count). The molecular formula is C39H58N2O19. The first kappa shape index (κ1) is 56.2. The Morgan fingerprint density at radius 2 is 0.883 bits per heavy atom. The summed E-state index contributed by atoms with van der Waals surface area (Å²) in [5.74, 6) is -7.03. The number of esters is 9. The maximum Gasteiger partial charge on any atom is 0.331 e. The zero-order valence-corrected chi connectivity index (χ0v) is 35.1. The van der Waals surface area contributed by atoms with Gasteiger partial charge in [0.1, 0.15) is 19.8 Å². The molecule has 0 aromatic carbocycles. The quantitative estimate of drug-likeness (QED) is 0.0641. The van der Waals surface area contributed by atoms with E-state index in [4.69, 9.17) is 34.2 Å². The summed E-state index contributed by atoms with van der Waals surface area (Å²) in [7, 11) is 4.62. The van der Waals surface area contributed by atoms with Crippen LogP contribution in [0.5, 0.6) is 0 Å². The molecule has 0 saturated heterocycles. The summed E-state index contributed by atoms with van der Waals surface area (Å²) in [6.07, 6.45) is 7.01. The summed E-state index contributed by atoms with van der Waals surface area (Å²) in [5.41, 5.74) is 5.29. The van der Waals surface area contributed by atoms with E-state index in [0.29, 0.717) is 13.0 Å². The molecule has 21 heteroatoms. The van der Waals surface area contributed by atoms with Crippen molar-refractivity contribution in [1.82, 2.24) is 4.90 Å². The fraction of sp³-hybridized carbons (Fsp3) is 0.564. The highest BCUT2D eigenvalue weighted by Crippen LogP contribution is 2.07. The number of nitrogens with two attached hydrogens (primary N) is 1. The van der Waals surface area contributed by atoms with E-state index in [0.717, 1.165) is 95.3 Å². The van der Waals surface area contributed by atoms with Crippen LogP contribution in [-0.2, 0) is 90.5 Å². The topological polar surface area (TPSA) is 275 Å². The Hall–Kier alpha value is -5.93. The second-order valence-corrected chi connectivity index (χ2v) is 11.7. The Kier molecular flexibility index (Phi) is 33.9. The molecule has 0 saturated carbocycles. The predicted molar refractivity (Wildman–Crippen MR) is 208 cm³/mol. The second-order valence-electron chi connectivity index (χ2n) is 11.7. The molecule has 0 aromatic rings. The average Bonchev–Trinajstić information content (AvgIpc) is 3.25. The number of carbonyl (C=O) groups is 9. The third-order valence-corrected chi connectivity index (χ3v) is 7.18. The van der Waals surface area contributed by atoms with Gasteiger partial charge in [-0.15, -0.1) is 0 Å².